The van der Waals surface area contributed by atoms with Crippen LogP contribution in [0.2, 0.25) is 0 Å². The number of nitrogens with zero attached hydrogens (tertiary/aromatic N) is 2. The quantitative estimate of drug-likeness (QED) is 0.712. The van der Waals surface area contributed by atoms with Gasteiger partial charge >= 0.3 is 0 Å². The van der Waals surface area contributed by atoms with Crippen molar-refractivity contribution in [2.24, 2.45) is 0 Å². The Kier molecular flexibility index (Phi) is 2.30. The Morgan fingerprint density at radius 3 is 2.95 bits per heavy atom. The molecular formula is C14H18N2O2S. The summed E-state index contributed by atoms with van der Waals surface area (Å²) in [7, 11) is -0.918. The summed E-state index contributed by atoms with van der Waals surface area (Å²) in [5.74, 6) is 0.740. The van der Waals surface area contributed by atoms with E-state index in [9.17, 15) is 8.42 Å². The van der Waals surface area contributed by atoms with Crippen LogP contribution in [0.5, 0.6) is 0 Å². The van der Waals surface area contributed by atoms with E-state index in [1.165, 1.54) is 5.56 Å². The van der Waals surface area contributed by atoms with Crippen LogP contribution in [0.3, 0.4) is 0 Å². The smallest absolute Gasteiger partial charge is 0.182 e. The zero-order chi connectivity index (χ0) is 13.2. The van der Waals surface area contributed by atoms with E-state index in [0.717, 1.165) is 25.2 Å². The summed E-state index contributed by atoms with van der Waals surface area (Å²) in [5, 5.41) is 0. The lowest BCUT2D eigenvalue weighted by Crippen LogP contribution is -2.47. The number of fused-ring (bicyclic) bond motifs is 3. The van der Waals surface area contributed by atoms with Crippen LogP contribution in [-0.4, -0.2) is 51.8 Å². The highest BCUT2D eigenvalue weighted by Crippen LogP contribution is 2.49. The molecule has 0 spiro atoms. The highest BCUT2D eigenvalue weighted by atomic mass is 32.2. The Morgan fingerprint density at radius 2 is 2.11 bits per heavy atom. The zero-order valence-corrected chi connectivity index (χ0v) is 11.9. The molecule has 1 saturated heterocycles. The summed E-state index contributed by atoms with van der Waals surface area (Å²) >= 11 is 0. The molecule has 1 fully saturated rings. The van der Waals surface area contributed by atoms with Gasteiger partial charge in [0.2, 0.25) is 0 Å². The van der Waals surface area contributed by atoms with Crippen LogP contribution in [0.15, 0.2) is 23.1 Å². The van der Waals surface area contributed by atoms with Gasteiger partial charge in [-0.05, 0) is 31.6 Å². The molecule has 3 aliphatic heterocycles. The van der Waals surface area contributed by atoms with Crippen LogP contribution in [0.25, 0.3) is 0 Å². The first-order chi connectivity index (χ1) is 9.08. The minimum absolute atomic E-state index is 0.266. The summed E-state index contributed by atoms with van der Waals surface area (Å²) in [6.07, 6.45) is 1.13. The second-order valence-corrected chi connectivity index (χ2v) is 8.01. The average molecular weight is 278 g/mol. The third-order valence-electron chi connectivity index (χ3n) is 4.83. The number of anilines is 1. The topological polar surface area (TPSA) is 40.6 Å². The molecule has 0 bridgehead atoms. The zero-order valence-electron chi connectivity index (χ0n) is 11.0. The van der Waals surface area contributed by atoms with Crippen molar-refractivity contribution in [1.82, 2.24) is 4.90 Å². The molecule has 2 unspecified atom stereocenters. The maximum atomic E-state index is 12.2. The summed E-state index contributed by atoms with van der Waals surface area (Å²) in [6, 6.07) is 6.31. The number of para-hydroxylation sites is 1. The van der Waals surface area contributed by atoms with Crippen molar-refractivity contribution in [3.63, 3.8) is 0 Å². The number of piperidine rings is 1. The van der Waals surface area contributed by atoms with Gasteiger partial charge in [-0.15, -0.1) is 0 Å². The Bertz CT molecular complexity index is 641. The molecule has 2 atom stereocenters. The molecule has 3 heterocycles. The maximum absolute atomic E-state index is 12.2. The number of hydrogen-bond donors (Lipinski definition) is 0. The first-order valence-corrected chi connectivity index (χ1v) is 8.54. The van der Waals surface area contributed by atoms with Crippen molar-refractivity contribution in [1.29, 1.82) is 0 Å². The van der Waals surface area contributed by atoms with E-state index in [1.807, 2.05) is 6.07 Å². The lowest BCUT2D eigenvalue weighted by Gasteiger charge is -2.38. The SMILES string of the molecule is CN1CCC2C(C1)c1cccc3c1N2CCS3(=O)=O. The molecule has 0 aliphatic carbocycles. The first-order valence-electron chi connectivity index (χ1n) is 6.89. The van der Waals surface area contributed by atoms with E-state index in [0.29, 0.717) is 23.4 Å². The third kappa shape index (κ3) is 1.51. The first kappa shape index (κ1) is 11.7. The van der Waals surface area contributed by atoms with E-state index in [4.69, 9.17) is 0 Å². The van der Waals surface area contributed by atoms with Crippen LogP contribution in [0.1, 0.15) is 17.9 Å². The second-order valence-electron chi connectivity index (χ2n) is 5.93. The number of hydrogen-bond acceptors (Lipinski definition) is 4. The second kappa shape index (κ2) is 3.73. The van der Waals surface area contributed by atoms with Crippen molar-refractivity contribution in [3.05, 3.63) is 23.8 Å². The van der Waals surface area contributed by atoms with E-state index in [2.05, 4.69) is 22.9 Å². The number of sulfone groups is 1. The van der Waals surface area contributed by atoms with Crippen molar-refractivity contribution in [2.45, 2.75) is 23.3 Å². The molecule has 0 radical (unpaired) electrons. The fraction of sp³-hybridized carbons (Fsp3) is 0.571. The molecular weight excluding hydrogens is 260 g/mol. The molecule has 0 aromatic heterocycles. The lowest BCUT2D eigenvalue weighted by molar-refractivity contribution is 0.232. The van der Waals surface area contributed by atoms with Crippen molar-refractivity contribution < 1.29 is 8.42 Å². The molecule has 1 aromatic rings. The Balaban J connectivity index is 1.92. The predicted octanol–water partition coefficient (Wildman–Crippen LogP) is 1.08. The molecule has 1 aromatic carbocycles. The van der Waals surface area contributed by atoms with Crippen LogP contribution >= 0.6 is 0 Å². The van der Waals surface area contributed by atoms with Gasteiger partial charge in [0, 0.05) is 25.0 Å². The van der Waals surface area contributed by atoms with Gasteiger partial charge < -0.3 is 9.80 Å². The summed E-state index contributed by atoms with van der Waals surface area (Å²) in [5.41, 5.74) is 2.26. The Labute approximate surface area is 113 Å². The molecule has 4 nitrogen and oxygen atoms in total. The monoisotopic (exact) mass is 278 g/mol. The predicted molar refractivity (Wildman–Crippen MR) is 74.5 cm³/mol. The van der Waals surface area contributed by atoms with E-state index in [-0.39, 0.29) is 5.75 Å². The maximum Gasteiger partial charge on any atom is 0.182 e. The van der Waals surface area contributed by atoms with Crippen LogP contribution in [-0.2, 0) is 9.84 Å². The van der Waals surface area contributed by atoms with Crippen LogP contribution < -0.4 is 4.90 Å². The number of rotatable bonds is 0. The van der Waals surface area contributed by atoms with Gasteiger partial charge in [0.15, 0.2) is 9.84 Å². The molecule has 3 aliphatic rings. The largest absolute Gasteiger partial charge is 0.366 e. The van der Waals surface area contributed by atoms with Gasteiger partial charge in [-0.2, -0.15) is 0 Å². The number of likely N-dealkylation sites (tertiary alicyclic amines) is 1. The molecule has 0 amide bonds. The molecule has 5 heteroatoms. The summed E-state index contributed by atoms with van der Waals surface area (Å²) < 4.78 is 24.5. The summed E-state index contributed by atoms with van der Waals surface area (Å²) in [4.78, 5) is 5.28. The molecule has 19 heavy (non-hydrogen) atoms. The molecule has 0 N–H and O–H groups in total. The molecule has 102 valence electrons. The number of likely N-dealkylation sites (N-methyl/N-ethyl adjacent to an activating group) is 1. The fourth-order valence-electron chi connectivity index (χ4n) is 3.95. The van der Waals surface area contributed by atoms with Crippen molar-refractivity contribution in [2.75, 3.05) is 37.3 Å². The van der Waals surface area contributed by atoms with Gasteiger partial charge in [-0.1, -0.05) is 12.1 Å². The molecule has 0 saturated carbocycles. The van der Waals surface area contributed by atoms with Crippen molar-refractivity contribution in [3.8, 4) is 0 Å². The highest BCUT2D eigenvalue weighted by molar-refractivity contribution is 7.91. The molecule has 4 rings (SSSR count). The van der Waals surface area contributed by atoms with Gasteiger partial charge in [0.25, 0.3) is 0 Å². The highest BCUT2D eigenvalue weighted by Gasteiger charge is 2.45. The normalized spacial score (nSPS) is 31.9. The Hall–Kier alpha value is -1.07. The van der Waals surface area contributed by atoms with E-state index in [1.54, 1.807) is 6.07 Å². The van der Waals surface area contributed by atoms with Crippen LogP contribution in [0.4, 0.5) is 5.69 Å². The van der Waals surface area contributed by atoms with E-state index >= 15 is 0 Å². The van der Waals surface area contributed by atoms with E-state index < -0.39 is 9.84 Å². The third-order valence-corrected chi connectivity index (χ3v) is 6.55. The van der Waals surface area contributed by atoms with Gasteiger partial charge in [-0.25, -0.2) is 8.42 Å². The minimum Gasteiger partial charge on any atom is -0.366 e. The summed E-state index contributed by atoms with van der Waals surface area (Å²) in [6.45, 7) is 2.81. The van der Waals surface area contributed by atoms with Gasteiger partial charge in [0.1, 0.15) is 0 Å². The standard InChI is InChI=1S/C14H18N2O2S/c1-15-6-5-12-11(9-15)10-3-2-4-13-14(10)16(12)7-8-19(13,17)18/h2-4,11-12H,5-9H2,1H3. The van der Waals surface area contributed by atoms with Crippen molar-refractivity contribution >= 4 is 15.5 Å². The lowest BCUT2D eigenvalue weighted by atomic mass is 9.89. The fourth-order valence-corrected chi connectivity index (χ4v) is 5.42. The Morgan fingerprint density at radius 1 is 1.26 bits per heavy atom. The minimum atomic E-state index is -3.07. The van der Waals surface area contributed by atoms with Gasteiger partial charge in [-0.3, -0.25) is 0 Å². The number of benzene rings is 1. The van der Waals surface area contributed by atoms with Crippen LogP contribution in [0, 0.1) is 0 Å². The van der Waals surface area contributed by atoms with Gasteiger partial charge in [0.05, 0.1) is 16.3 Å². The average Bonchev–Trinajstić information content (AvgIpc) is 2.69.